The van der Waals surface area contributed by atoms with Crippen LogP contribution < -0.4 is 0 Å². The quantitative estimate of drug-likeness (QED) is 0.883. The molecule has 1 heterocycles. The molecule has 0 radical (unpaired) electrons. The normalized spacial score (nSPS) is 12.3. The van der Waals surface area contributed by atoms with Crippen molar-refractivity contribution in [1.82, 2.24) is 20.2 Å². The van der Waals surface area contributed by atoms with Gasteiger partial charge in [0.15, 0.2) is 5.82 Å². The molecular formula is C15H20N4O2. The average molecular weight is 288 g/mol. The Morgan fingerprint density at radius 1 is 1.33 bits per heavy atom. The minimum Gasteiger partial charge on any atom is -0.481 e. The highest BCUT2D eigenvalue weighted by atomic mass is 16.4. The molecule has 2 aromatic rings. The summed E-state index contributed by atoms with van der Waals surface area (Å²) in [5, 5.41) is 20.9. The molecule has 112 valence electrons. The zero-order valence-electron chi connectivity index (χ0n) is 12.6. The van der Waals surface area contributed by atoms with Gasteiger partial charge in [0, 0.05) is 18.5 Å². The highest BCUT2D eigenvalue weighted by Gasteiger charge is 2.18. The van der Waals surface area contributed by atoms with Crippen LogP contribution in [0.2, 0.25) is 0 Å². The second-order valence-corrected chi connectivity index (χ2v) is 5.32. The Morgan fingerprint density at radius 3 is 2.57 bits per heavy atom. The summed E-state index contributed by atoms with van der Waals surface area (Å²) >= 11 is 0. The molecule has 0 aliphatic carbocycles. The van der Waals surface area contributed by atoms with E-state index in [1.807, 2.05) is 39.0 Å². The van der Waals surface area contributed by atoms with Crippen molar-refractivity contribution in [2.75, 3.05) is 0 Å². The van der Waals surface area contributed by atoms with Crippen LogP contribution in [0.5, 0.6) is 0 Å². The van der Waals surface area contributed by atoms with Gasteiger partial charge < -0.3 is 5.11 Å². The first-order valence-electron chi connectivity index (χ1n) is 7.07. The Kier molecular flexibility index (Phi) is 4.67. The van der Waals surface area contributed by atoms with Crippen molar-refractivity contribution < 1.29 is 9.90 Å². The first kappa shape index (κ1) is 15.2. The number of carboxylic acids is 1. The van der Waals surface area contributed by atoms with E-state index in [-0.39, 0.29) is 12.3 Å². The van der Waals surface area contributed by atoms with Crippen LogP contribution in [-0.4, -0.2) is 31.3 Å². The second-order valence-electron chi connectivity index (χ2n) is 5.32. The zero-order valence-corrected chi connectivity index (χ0v) is 12.6. The summed E-state index contributed by atoms with van der Waals surface area (Å²) in [6, 6.07) is 6.05. The van der Waals surface area contributed by atoms with Gasteiger partial charge in [-0.15, -0.1) is 5.10 Å². The van der Waals surface area contributed by atoms with Crippen molar-refractivity contribution in [3.8, 4) is 11.4 Å². The van der Waals surface area contributed by atoms with E-state index < -0.39 is 5.97 Å². The highest BCUT2D eigenvalue weighted by molar-refractivity contribution is 5.67. The summed E-state index contributed by atoms with van der Waals surface area (Å²) in [4.78, 5) is 10.9. The first-order valence-corrected chi connectivity index (χ1v) is 7.07. The summed E-state index contributed by atoms with van der Waals surface area (Å²) in [5.74, 6) is -0.0629. The number of hydrogen-bond acceptors (Lipinski definition) is 4. The van der Waals surface area contributed by atoms with Crippen molar-refractivity contribution in [3.05, 3.63) is 29.3 Å². The van der Waals surface area contributed by atoms with Crippen LogP contribution in [0.25, 0.3) is 11.4 Å². The Balaban J connectivity index is 2.32. The molecule has 0 aliphatic heterocycles. The van der Waals surface area contributed by atoms with Gasteiger partial charge in [-0.2, -0.15) is 0 Å². The number of aromatic nitrogens is 4. The fraction of sp³-hybridized carbons (Fsp3) is 0.467. The Labute approximate surface area is 123 Å². The molecule has 1 aromatic carbocycles. The molecule has 0 aliphatic rings. The van der Waals surface area contributed by atoms with Gasteiger partial charge >= 0.3 is 5.97 Å². The fourth-order valence-electron chi connectivity index (χ4n) is 2.50. The van der Waals surface area contributed by atoms with Gasteiger partial charge in [0.25, 0.3) is 0 Å². The molecule has 0 bridgehead atoms. The predicted molar refractivity (Wildman–Crippen MR) is 78.8 cm³/mol. The maximum Gasteiger partial charge on any atom is 0.303 e. The molecule has 6 nitrogen and oxygen atoms in total. The number of carboxylic acid groups (broad SMARTS) is 1. The summed E-state index contributed by atoms with van der Waals surface area (Å²) in [6.07, 6.45) is 0.904. The number of carbonyl (C=O) groups is 1. The largest absolute Gasteiger partial charge is 0.481 e. The monoisotopic (exact) mass is 288 g/mol. The zero-order chi connectivity index (χ0) is 15.4. The van der Waals surface area contributed by atoms with Gasteiger partial charge in [-0.25, -0.2) is 4.68 Å². The molecule has 1 aromatic heterocycles. The van der Waals surface area contributed by atoms with Gasteiger partial charge in [-0.3, -0.25) is 4.79 Å². The lowest BCUT2D eigenvalue weighted by molar-refractivity contribution is -0.138. The third-order valence-corrected chi connectivity index (χ3v) is 3.71. The average Bonchev–Trinajstić information content (AvgIpc) is 2.85. The third kappa shape index (κ3) is 3.45. The van der Waals surface area contributed by atoms with Gasteiger partial charge in [-0.05, 0) is 41.3 Å². The molecule has 6 heteroatoms. The number of benzene rings is 1. The molecule has 0 saturated heterocycles. The number of aliphatic carboxylic acids is 1. The topological polar surface area (TPSA) is 80.9 Å². The third-order valence-electron chi connectivity index (χ3n) is 3.71. The van der Waals surface area contributed by atoms with E-state index in [1.54, 1.807) is 4.68 Å². The van der Waals surface area contributed by atoms with Crippen molar-refractivity contribution in [2.24, 2.45) is 5.92 Å². The van der Waals surface area contributed by atoms with E-state index in [0.29, 0.717) is 12.4 Å². The maximum atomic E-state index is 10.9. The van der Waals surface area contributed by atoms with E-state index in [1.165, 1.54) is 0 Å². The second kappa shape index (κ2) is 6.47. The van der Waals surface area contributed by atoms with Crippen LogP contribution >= 0.6 is 0 Å². The summed E-state index contributed by atoms with van der Waals surface area (Å²) in [7, 11) is 0. The summed E-state index contributed by atoms with van der Waals surface area (Å²) in [5.41, 5.74) is 3.24. The van der Waals surface area contributed by atoms with Crippen molar-refractivity contribution in [3.63, 3.8) is 0 Å². The SMILES string of the molecule is CCC(CC(=O)O)Cn1nnnc1-c1c(C)cccc1C. The summed E-state index contributed by atoms with van der Waals surface area (Å²) < 4.78 is 1.71. The molecule has 0 fully saturated rings. The molecule has 21 heavy (non-hydrogen) atoms. The molecular weight excluding hydrogens is 268 g/mol. The van der Waals surface area contributed by atoms with Gasteiger partial charge in [0.05, 0.1) is 0 Å². The predicted octanol–water partition coefficient (Wildman–Crippen LogP) is 2.46. The van der Waals surface area contributed by atoms with E-state index in [4.69, 9.17) is 5.11 Å². The minimum atomic E-state index is -0.788. The summed E-state index contributed by atoms with van der Waals surface area (Å²) in [6.45, 7) is 6.54. The van der Waals surface area contributed by atoms with Crippen LogP contribution in [0.3, 0.4) is 0 Å². The number of aryl methyl sites for hydroxylation is 2. The van der Waals surface area contributed by atoms with E-state index >= 15 is 0 Å². The van der Waals surface area contributed by atoms with Crippen molar-refractivity contribution in [1.29, 1.82) is 0 Å². The molecule has 0 saturated carbocycles. The standard InChI is InChI=1S/C15H20N4O2/c1-4-12(8-13(20)21)9-19-15(16-17-18-19)14-10(2)6-5-7-11(14)3/h5-7,12H,4,8-9H2,1-3H3,(H,20,21). The lowest BCUT2D eigenvalue weighted by atomic mass is 10.0. The van der Waals surface area contributed by atoms with Crippen LogP contribution in [0, 0.1) is 19.8 Å². The van der Waals surface area contributed by atoms with Crippen LogP contribution in [0.1, 0.15) is 30.9 Å². The van der Waals surface area contributed by atoms with Gasteiger partial charge in [-0.1, -0.05) is 31.5 Å². The smallest absolute Gasteiger partial charge is 0.303 e. The van der Waals surface area contributed by atoms with Crippen LogP contribution in [0.15, 0.2) is 18.2 Å². The first-order chi connectivity index (χ1) is 10.0. The minimum absolute atomic E-state index is 0.0223. The van der Waals surface area contributed by atoms with Gasteiger partial charge in [0.1, 0.15) is 0 Å². The number of hydrogen-bond donors (Lipinski definition) is 1. The fourth-order valence-corrected chi connectivity index (χ4v) is 2.50. The Bertz CT molecular complexity index is 616. The number of tetrazole rings is 1. The lowest BCUT2D eigenvalue weighted by Gasteiger charge is -2.14. The van der Waals surface area contributed by atoms with E-state index in [0.717, 1.165) is 23.1 Å². The Morgan fingerprint density at radius 2 is 2.00 bits per heavy atom. The molecule has 1 unspecified atom stereocenters. The maximum absolute atomic E-state index is 10.9. The van der Waals surface area contributed by atoms with Crippen LogP contribution in [-0.2, 0) is 11.3 Å². The molecule has 0 spiro atoms. The van der Waals surface area contributed by atoms with E-state index in [9.17, 15) is 4.79 Å². The molecule has 1 N–H and O–H groups in total. The van der Waals surface area contributed by atoms with Gasteiger partial charge in [0.2, 0.25) is 0 Å². The Hall–Kier alpha value is -2.24. The van der Waals surface area contributed by atoms with E-state index in [2.05, 4.69) is 15.5 Å². The van der Waals surface area contributed by atoms with Crippen LogP contribution in [0.4, 0.5) is 0 Å². The molecule has 0 amide bonds. The van der Waals surface area contributed by atoms with Crippen molar-refractivity contribution in [2.45, 2.75) is 40.2 Å². The molecule has 1 atom stereocenters. The van der Waals surface area contributed by atoms with Crippen molar-refractivity contribution >= 4 is 5.97 Å². The molecule has 2 rings (SSSR count). The number of nitrogens with zero attached hydrogens (tertiary/aromatic N) is 4. The number of rotatable bonds is 6. The lowest BCUT2D eigenvalue weighted by Crippen LogP contribution is -2.16. The highest BCUT2D eigenvalue weighted by Crippen LogP contribution is 2.25.